The number of nitrogens with zero attached hydrogens (tertiary/aromatic N) is 1. The van der Waals surface area contributed by atoms with Crippen molar-refractivity contribution < 1.29 is 13.5 Å². The van der Waals surface area contributed by atoms with Gasteiger partial charge in [0.15, 0.2) is 0 Å². The van der Waals surface area contributed by atoms with Gasteiger partial charge in [-0.25, -0.2) is 8.42 Å². The lowest BCUT2D eigenvalue weighted by Crippen LogP contribution is -2.33. The normalized spacial score (nSPS) is 16.4. The van der Waals surface area contributed by atoms with Gasteiger partial charge in [-0.2, -0.15) is 4.31 Å². The number of hydrogen-bond acceptors (Lipinski definition) is 4. The molecule has 1 fully saturated rings. The third kappa shape index (κ3) is 2.93. The Morgan fingerprint density at radius 1 is 1.44 bits per heavy atom. The molecule has 0 bridgehead atoms. The number of aliphatic hydroxyl groups excluding tert-OH is 1. The van der Waals surface area contributed by atoms with Crippen LogP contribution in [0.3, 0.4) is 0 Å². The Hall–Kier alpha value is -0.430. The van der Waals surface area contributed by atoms with E-state index in [9.17, 15) is 8.42 Å². The van der Waals surface area contributed by atoms with Crippen molar-refractivity contribution in [3.63, 3.8) is 0 Å². The van der Waals surface area contributed by atoms with Crippen LogP contribution in [0.25, 0.3) is 0 Å². The van der Waals surface area contributed by atoms with Crippen LogP contribution in [-0.4, -0.2) is 37.0 Å². The molecule has 1 heterocycles. The highest BCUT2D eigenvalue weighted by atomic mass is 32.2. The summed E-state index contributed by atoms with van der Waals surface area (Å²) in [7, 11) is -3.33. The molecular formula is C12H19NO3S2. The van der Waals surface area contributed by atoms with E-state index in [0.29, 0.717) is 17.2 Å². The van der Waals surface area contributed by atoms with Crippen molar-refractivity contribution in [1.82, 2.24) is 4.31 Å². The molecule has 1 N–H and O–H groups in total. The molecule has 0 aliphatic heterocycles. The van der Waals surface area contributed by atoms with Gasteiger partial charge in [0.1, 0.15) is 4.21 Å². The van der Waals surface area contributed by atoms with Crippen LogP contribution < -0.4 is 0 Å². The SMILES string of the molecule is CCCN(C1CC1)S(=O)(=O)c1ccc(CCO)s1. The second-order valence-electron chi connectivity index (χ2n) is 4.54. The highest BCUT2D eigenvalue weighted by Crippen LogP contribution is 2.34. The standard InChI is InChI=1S/C12H19NO3S2/c1-2-8-13(10-3-4-10)18(15,16)12-6-5-11(17-12)7-9-14/h5-6,10,14H,2-4,7-9H2,1H3. The summed E-state index contributed by atoms with van der Waals surface area (Å²) in [5.74, 6) is 0. The molecule has 1 aromatic rings. The minimum absolute atomic E-state index is 0.0568. The molecule has 18 heavy (non-hydrogen) atoms. The maximum Gasteiger partial charge on any atom is 0.252 e. The molecule has 0 amide bonds. The van der Waals surface area contributed by atoms with Gasteiger partial charge < -0.3 is 5.11 Å². The van der Waals surface area contributed by atoms with Crippen LogP contribution in [0.5, 0.6) is 0 Å². The molecule has 0 aromatic carbocycles. The number of sulfonamides is 1. The first kappa shape index (κ1) is 14.0. The molecule has 0 spiro atoms. The Morgan fingerprint density at radius 2 is 2.17 bits per heavy atom. The second kappa shape index (κ2) is 5.69. The predicted molar refractivity (Wildman–Crippen MR) is 72.3 cm³/mol. The summed E-state index contributed by atoms with van der Waals surface area (Å²) in [5, 5.41) is 8.87. The van der Waals surface area contributed by atoms with Gasteiger partial charge in [0.05, 0.1) is 0 Å². The monoisotopic (exact) mass is 289 g/mol. The summed E-state index contributed by atoms with van der Waals surface area (Å²) in [6.07, 6.45) is 3.32. The summed E-state index contributed by atoms with van der Waals surface area (Å²) in [6, 6.07) is 3.67. The Bertz CT molecular complexity index is 491. The van der Waals surface area contributed by atoms with Gasteiger partial charge in [-0.1, -0.05) is 6.92 Å². The third-order valence-corrected chi connectivity index (χ3v) is 6.52. The van der Waals surface area contributed by atoms with E-state index in [1.54, 1.807) is 16.4 Å². The first-order valence-electron chi connectivity index (χ1n) is 6.31. The summed E-state index contributed by atoms with van der Waals surface area (Å²) in [6.45, 7) is 2.65. The van der Waals surface area contributed by atoms with Crippen molar-refractivity contribution in [2.45, 2.75) is 42.9 Å². The molecule has 1 aliphatic carbocycles. The van der Waals surface area contributed by atoms with Crippen LogP contribution in [-0.2, 0) is 16.4 Å². The Morgan fingerprint density at radius 3 is 2.72 bits per heavy atom. The highest BCUT2D eigenvalue weighted by molar-refractivity contribution is 7.91. The van der Waals surface area contributed by atoms with Crippen LogP contribution in [0.15, 0.2) is 16.3 Å². The van der Waals surface area contributed by atoms with Gasteiger partial charge in [-0.3, -0.25) is 0 Å². The summed E-state index contributed by atoms with van der Waals surface area (Å²) in [5.41, 5.74) is 0. The van der Waals surface area contributed by atoms with E-state index < -0.39 is 10.0 Å². The van der Waals surface area contributed by atoms with Crippen LogP contribution >= 0.6 is 11.3 Å². The van der Waals surface area contributed by atoms with E-state index in [-0.39, 0.29) is 12.6 Å². The molecule has 102 valence electrons. The summed E-state index contributed by atoms with van der Waals surface area (Å²) >= 11 is 1.27. The lowest BCUT2D eigenvalue weighted by Gasteiger charge is -2.20. The van der Waals surface area contributed by atoms with E-state index in [2.05, 4.69) is 0 Å². The van der Waals surface area contributed by atoms with Crippen molar-refractivity contribution in [1.29, 1.82) is 0 Å². The minimum atomic E-state index is -3.33. The van der Waals surface area contributed by atoms with Crippen molar-refractivity contribution in [2.24, 2.45) is 0 Å². The maximum atomic E-state index is 12.5. The van der Waals surface area contributed by atoms with Gasteiger partial charge in [0.2, 0.25) is 0 Å². The van der Waals surface area contributed by atoms with Gasteiger partial charge in [-0.15, -0.1) is 11.3 Å². The molecule has 1 saturated carbocycles. The fourth-order valence-corrected chi connectivity index (χ4v) is 5.19. The second-order valence-corrected chi connectivity index (χ2v) is 7.83. The Labute approximate surface area is 112 Å². The molecule has 4 nitrogen and oxygen atoms in total. The topological polar surface area (TPSA) is 57.6 Å². The smallest absolute Gasteiger partial charge is 0.252 e. The number of thiophene rings is 1. The lowest BCUT2D eigenvalue weighted by atomic mass is 10.4. The summed E-state index contributed by atoms with van der Waals surface area (Å²) < 4.78 is 27.0. The first-order chi connectivity index (χ1) is 8.59. The maximum absolute atomic E-state index is 12.5. The van der Waals surface area contributed by atoms with Crippen molar-refractivity contribution in [2.75, 3.05) is 13.2 Å². The van der Waals surface area contributed by atoms with Crippen LogP contribution in [0.1, 0.15) is 31.1 Å². The fraction of sp³-hybridized carbons (Fsp3) is 0.667. The van der Waals surface area contributed by atoms with Crippen molar-refractivity contribution in [3.8, 4) is 0 Å². The average molecular weight is 289 g/mol. The van der Waals surface area contributed by atoms with Gasteiger partial charge in [0, 0.05) is 30.5 Å². The van der Waals surface area contributed by atoms with Gasteiger partial charge in [-0.05, 0) is 31.4 Å². The fourth-order valence-electron chi connectivity index (χ4n) is 1.94. The molecule has 0 radical (unpaired) electrons. The molecule has 0 unspecified atom stereocenters. The van der Waals surface area contributed by atoms with Gasteiger partial charge >= 0.3 is 0 Å². The van der Waals surface area contributed by atoms with E-state index >= 15 is 0 Å². The van der Waals surface area contributed by atoms with Crippen LogP contribution in [0.4, 0.5) is 0 Å². The van der Waals surface area contributed by atoms with Crippen LogP contribution in [0.2, 0.25) is 0 Å². The third-order valence-electron chi connectivity index (χ3n) is 2.96. The van der Waals surface area contributed by atoms with Crippen molar-refractivity contribution >= 4 is 21.4 Å². The van der Waals surface area contributed by atoms with Crippen LogP contribution in [0, 0.1) is 0 Å². The molecule has 1 aromatic heterocycles. The largest absolute Gasteiger partial charge is 0.396 e. The van der Waals surface area contributed by atoms with E-state index in [1.165, 1.54) is 11.3 Å². The zero-order valence-corrected chi connectivity index (χ0v) is 12.1. The molecule has 0 atom stereocenters. The average Bonchev–Trinajstić information content (AvgIpc) is 3.05. The highest BCUT2D eigenvalue weighted by Gasteiger charge is 2.37. The zero-order chi connectivity index (χ0) is 13.2. The lowest BCUT2D eigenvalue weighted by molar-refractivity contribution is 0.300. The number of rotatable bonds is 7. The summed E-state index contributed by atoms with van der Waals surface area (Å²) in [4.78, 5) is 0.920. The van der Waals surface area contributed by atoms with E-state index in [1.807, 2.05) is 6.92 Å². The molecule has 1 aliphatic rings. The quantitative estimate of drug-likeness (QED) is 0.833. The molecular weight excluding hydrogens is 270 g/mol. The molecule has 2 rings (SSSR count). The molecule has 6 heteroatoms. The predicted octanol–water partition coefficient (Wildman–Crippen LogP) is 1.85. The number of aliphatic hydroxyl groups is 1. The molecule has 0 saturated heterocycles. The zero-order valence-electron chi connectivity index (χ0n) is 10.5. The minimum Gasteiger partial charge on any atom is -0.396 e. The Kier molecular flexibility index (Phi) is 4.42. The van der Waals surface area contributed by atoms with Crippen molar-refractivity contribution in [3.05, 3.63) is 17.0 Å². The van der Waals surface area contributed by atoms with Gasteiger partial charge in [0.25, 0.3) is 10.0 Å². The van der Waals surface area contributed by atoms with E-state index in [4.69, 9.17) is 5.11 Å². The number of hydrogen-bond donors (Lipinski definition) is 1. The first-order valence-corrected chi connectivity index (χ1v) is 8.56. The Balaban J connectivity index is 2.21. The van der Waals surface area contributed by atoms with E-state index in [0.717, 1.165) is 24.1 Å².